The van der Waals surface area contributed by atoms with Gasteiger partial charge >= 0.3 is 0 Å². The molecule has 1 heterocycles. The Bertz CT molecular complexity index is 346. The number of carbonyl (C=O) groups excluding carboxylic acids is 1. The third-order valence-corrected chi connectivity index (χ3v) is 2.39. The third kappa shape index (κ3) is 3.57. The molecule has 1 atom stereocenters. The first kappa shape index (κ1) is 12.1. The van der Waals surface area contributed by atoms with Gasteiger partial charge in [-0.1, -0.05) is 6.92 Å². The molecular formula is C10H14ClNO3. The number of aliphatic hydroxyl groups is 1. The summed E-state index contributed by atoms with van der Waals surface area (Å²) in [4.78, 5) is 11.4. The average Bonchev–Trinajstić information content (AvgIpc) is 2.61. The van der Waals surface area contributed by atoms with E-state index in [1.807, 2.05) is 6.92 Å². The van der Waals surface area contributed by atoms with Crippen molar-refractivity contribution in [1.82, 2.24) is 5.32 Å². The zero-order valence-electron chi connectivity index (χ0n) is 8.71. The Morgan fingerprint density at radius 3 is 2.80 bits per heavy atom. The molecular weight excluding hydrogens is 218 g/mol. The Morgan fingerprint density at radius 2 is 2.33 bits per heavy atom. The second-order valence-corrected chi connectivity index (χ2v) is 4.01. The van der Waals surface area contributed by atoms with Crippen LogP contribution in [0.1, 0.15) is 30.8 Å². The molecule has 1 unspecified atom stereocenters. The minimum Gasteiger partial charge on any atom is -0.440 e. The molecule has 1 amide bonds. The maximum Gasteiger partial charge on any atom is 0.287 e. The highest BCUT2D eigenvalue weighted by atomic mass is 35.5. The van der Waals surface area contributed by atoms with E-state index >= 15 is 0 Å². The van der Waals surface area contributed by atoms with Gasteiger partial charge in [0.05, 0.1) is 5.60 Å². The Morgan fingerprint density at radius 1 is 1.67 bits per heavy atom. The number of rotatable bonds is 4. The fourth-order valence-electron chi connectivity index (χ4n) is 0.919. The van der Waals surface area contributed by atoms with Crippen LogP contribution in [0.4, 0.5) is 0 Å². The molecule has 0 bridgehead atoms. The molecule has 84 valence electrons. The van der Waals surface area contributed by atoms with Crippen LogP contribution in [0.15, 0.2) is 16.5 Å². The molecule has 0 aromatic carbocycles. The van der Waals surface area contributed by atoms with E-state index in [1.54, 1.807) is 6.92 Å². The highest BCUT2D eigenvalue weighted by Gasteiger charge is 2.19. The van der Waals surface area contributed by atoms with Gasteiger partial charge in [-0.3, -0.25) is 4.79 Å². The molecule has 0 saturated carbocycles. The predicted octanol–water partition coefficient (Wildman–Crippen LogP) is 1.82. The topological polar surface area (TPSA) is 62.5 Å². The van der Waals surface area contributed by atoms with Crippen LogP contribution in [0.5, 0.6) is 0 Å². The molecule has 4 nitrogen and oxygen atoms in total. The lowest BCUT2D eigenvalue weighted by Gasteiger charge is -2.20. The number of halogens is 1. The Kier molecular flexibility index (Phi) is 3.77. The number of amides is 1. The summed E-state index contributed by atoms with van der Waals surface area (Å²) >= 11 is 5.53. The lowest BCUT2D eigenvalue weighted by atomic mass is 10.0. The molecule has 0 radical (unpaired) electrons. The van der Waals surface area contributed by atoms with Gasteiger partial charge in [0, 0.05) is 6.54 Å². The SMILES string of the molecule is CCC(C)(O)CNC(=O)c1ccc(Cl)o1. The van der Waals surface area contributed by atoms with E-state index in [0.29, 0.717) is 6.42 Å². The van der Waals surface area contributed by atoms with Crippen LogP contribution in [-0.4, -0.2) is 23.2 Å². The molecule has 5 heteroatoms. The summed E-state index contributed by atoms with van der Waals surface area (Å²) < 4.78 is 4.92. The Labute approximate surface area is 93.2 Å². The predicted molar refractivity (Wildman–Crippen MR) is 57.0 cm³/mol. The lowest BCUT2D eigenvalue weighted by molar-refractivity contribution is 0.0511. The van der Waals surface area contributed by atoms with Crippen LogP contribution in [0.3, 0.4) is 0 Å². The summed E-state index contributed by atoms with van der Waals surface area (Å²) in [5.41, 5.74) is -0.897. The molecule has 0 spiro atoms. The molecule has 0 aliphatic heterocycles. The Balaban J connectivity index is 2.50. The molecule has 1 rings (SSSR count). The highest BCUT2D eigenvalue weighted by Crippen LogP contribution is 2.13. The van der Waals surface area contributed by atoms with Gasteiger partial charge in [-0.2, -0.15) is 0 Å². The van der Waals surface area contributed by atoms with Crippen molar-refractivity contribution in [3.63, 3.8) is 0 Å². The van der Waals surface area contributed by atoms with Gasteiger partial charge in [-0.05, 0) is 37.1 Å². The summed E-state index contributed by atoms with van der Waals surface area (Å²) in [6.45, 7) is 3.68. The van der Waals surface area contributed by atoms with Crippen LogP contribution >= 0.6 is 11.6 Å². The molecule has 1 aromatic rings. The van der Waals surface area contributed by atoms with Crippen molar-refractivity contribution in [2.45, 2.75) is 25.9 Å². The summed E-state index contributed by atoms with van der Waals surface area (Å²) in [7, 11) is 0. The van der Waals surface area contributed by atoms with Crippen LogP contribution in [0.2, 0.25) is 5.22 Å². The average molecular weight is 232 g/mol. The minimum absolute atomic E-state index is 0.145. The van der Waals surface area contributed by atoms with Gasteiger partial charge in [0.1, 0.15) is 0 Å². The first-order chi connectivity index (χ1) is 6.94. The largest absolute Gasteiger partial charge is 0.440 e. The zero-order chi connectivity index (χ0) is 11.5. The molecule has 15 heavy (non-hydrogen) atoms. The van der Waals surface area contributed by atoms with E-state index in [9.17, 15) is 9.90 Å². The van der Waals surface area contributed by atoms with E-state index in [1.165, 1.54) is 12.1 Å². The van der Waals surface area contributed by atoms with Crippen LogP contribution in [-0.2, 0) is 0 Å². The molecule has 0 aliphatic carbocycles. The van der Waals surface area contributed by atoms with Crippen LogP contribution < -0.4 is 5.32 Å². The number of hydrogen-bond acceptors (Lipinski definition) is 3. The second-order valence-electron chi connectivity index (χ2n) is 3.64. The van der Waals surface area contributed by atoms with Crippen molar-refractivity contribution in [2.24, 2.45) is 0 Å². The molecule has 1 aromatic heterocycles. The first-order valence-electron chi connectivity index (χ1n) is 4.70. The van der Waals surface area contributed by atoms with Crippen molar-refractivity contribution in [3.8, 4) is 0 Å². The van der Waals surface area contributed by atoms with E-state index in [0.717, 1.165) is 0 Å². The molecule has 2 N–H and O–H groups in total. The van der Waals surface area contributed by atoms with Crippen LogP contribution in [0, 0.1) is 0 Å². The van der Waals surface area contributed by atoms with Gasteiger partial charge in [-0.25, -0.2) is 0 Å². The number of carbonyl (C=O) groups is 1. The number of hydrogen-bond donors (Lipinski definition) is 2. The lowest BCUT2D eigenvalue weighted by Crippen LogP contribution is -2.39. The molecule has 0 fully saturated rings. The van der Waals surface area contributed by atoms with Crippen molar-refractivity contribution < 1.29 is 14.3 Å². The Hall–Kier alpha value is -1.00. The van der Waals surface area contributed by atoms with Gasteiger partial charge in [0.2, 0.25) is 0 Å². The van der Waals surface area contributed by atoms with Gasteiger partial charge in [-0.15, -0.1) is 0 Å². The molecule has 0 aliphatic rings. The van der Waals surface area contributed by atoms with Gasteiger partial charge in [0.25, 0.3) is 5.91 Å². The molecule has 0 saturated heterocycles. The third-order valence-electron chi connectivity index (χ3n) is 2.19. The van der Waals surface area contributed by atoms with Crippen molar-refractivity contribution in [3.05, 3.63) is 23.1 Å². The van der Waals surface area contributed by atoms with Gasteiger partial charge < -0.3 is 14.8 Å². The minimum atomic E-state index is -0.897. The maximum absolute atomic E-state index is 11.4. The number of furan rings is 1. The fraction of sp³-hybridized carbons (Fsp3) is 0.500. The summed E-state index contributed by atoms with van der Waals surface area (Å²) in [5.74, 6) is -0.234. The summed E-state index contributed by atoms with van der Waals surface area (Å²) in [5, 5.41) is 12.4. The fourth-order valence-corrected chi connectivity index (χ4v) is 1.07. The van der Waals surface area contributed by atoms with Crippen molar-refractivity contribution >= 4 is 17.5 Å². The monoisotopic (exact) mass is 231 g/mol. The zero-order valence-corrected chi connectivity index (χ0v) is 9.47. The van der Waals surface area contributed by atoms with Gasteiger partial charge in [0.15, 0.2) is 11.0 Å². The second kappa shape index (κ2) is 4.68. The van der Waals surface area contributed by atoms with Crippen molar-refractivity contribution in [1.29, 1.82) is 0 Å². The smallest absolute Gasteiger partial charge is 0.287 e. The normalized spacial score (nSPS) is 14.7. The van der Waals surface area contributed by atoms with Crippen molar-refractivity contribution in [2.75, 3.05) is 6.54 Å². The highest BCUT2D eigenvalue weighted by molar-refractivity contribution is 6.29. The van der Waals surface area contributed by atoms with E-state index in [2.05, 4.69) is 5.32 Å². The number of nitrogens with one attached hydrogen (secondary N) is 1. The quantitative estimate of drug-likeness (QED) is 0.831. The van der Waals surface area contributed by atoms with E-state index < -0.39 is 5.60 Å². The maximum atomic E-state index is 11.4. The van der Waals surface area contributed by atoms with E-state index in [-0.39, 0.29) is 23.4 Å². The summed E-state index contributed by atoms with van der Waals surface area (Å²) in [6, 6.07) is 2.98. The summed E-state index contributed by atoms with van der Waals surface area (Å²) in [6.07, 6.45) is 0.562. The van der Waals surface area contributed by atoms with E-state index in [4.69, 9.17) is 16.0 Å². The first-order valence-corrected chi connectivity index (χ1v) is 5.08. The van der Waals surface area contributed by atoms with Crippen LogP contribution in [0.25, 0.3) is 0 Å². The standard InChI is InChI=1S/C10H14ClNO3/c1-3-10(2,14)6-12-9(13)7-4-5-8(11)15-7/h4-5,14H,3,6H2,1-2H3,(H,12,13).